The molecule has 1 fully saturated rings. The summed E-state index contributed by atoms with van der Waals surface area (Å²) in [7, 11) is 1.65. The molecule has 4 nitrogen and oxygen atoms in total. The van der Waals surface area contributed by atoms with Gasteiger partial charge in [-0.2, -0.15) is 0 Å². The van der Waals surface area contributed by atoms with Crippen molar-refractivity contribution in [3.05, 3.63) is 65.2 Å². The van der Waals surface area contributed by atoms with Crippen molar-refractivity contribution in [1.82, 2.24) is 4.90 Å². The fourth-order valence-corrected chi connectivity index (χ4v) is 4.44. The zero-order chi connectivity index (χ0) is 18.9. The lowest BCUT2D eigenvalue weighted by molar-refractivity contribution is -0.0283. The number of rotatable bonds is 4. The molecule has 1 aliphatic heterocycles. The molecule has 1 saturated heterocycles. The normalized spacial score (nSPS) is 22.3. The van der Waals surface area contributed by atoms with E-state index in [0.29, 0.717) is 12.8 Å². The maximum Gasteiger partial charge on any atom is 0.167 e. The monoisotopic (exact) mass is 365 g/mol. The summed E-state index contributed by atoms with van der Waals surface area (Å²) in [5.74, 6) is 1.16. The van der Waals surface area contributed by atoms with Crippen molar-refractivity contribution in [1.29, 1.82) is 0 Å². The van der Waals surface area contributed by atoms with Gasteiger partial charge in [-0.05, 0) is 48.9 Å². The first-order valence-corrected chi connectivity index (χ1v) is 9.80. The molecular formula is C23H27NO3. The Labute approximate surface area is 160 Å². The second-order valence-corrected chi connectivity index (χ2v) is 7.82. The average Bonchev–Trinajstić information content (AvgIpc) is 2.72. The number of methoxy groups -OCH3 is 1. The highest BCUT2D eigenvalue weighted by molar-refractivity contribution is 6.00. The molecule has 1 atom stereocenters. The Balaban J connectivity index is 1.37. The third-order valence-corrected chi connectivity index (χ3v) is 6.20. The number of likely N-dealkylation sites (tertiary alicyclic amines) is 1. The van der Waals surface area contributed by atoms with E-state index in [1.807, 2.05) is 42.5 Å². The van der Waals surface area contributed by atoms with Gasteiger partial charge in [-0.25, -0.2) is 0 Å². The van der Waals surface area contributed by atoms with E-state index in [-0.39, 0.29) is 11.7 Å². The summed E-state index contributed by atoms with van der Waals surface area (Å²) < 4.78 is 5.20. The summed E-state index contributed by atoms with van der Waals surface area (Å²) in [5, 5.41) is 11.1. The molecule has 0 bridgehead atoms. The van der Waals surface area contributed by atoms with Crippen molar-refractivity contribution in [3.8, 4) is 5.75 Å². The Bertz CT molecular complexity index is 807. The molecule has 1 aliphatic carbocycles. The average molecular weight is 365 g/mol. The van der Waals surface area contributed by atoms with E-state index in [4.69, 9.17) is 4.74 Å². The zero-order valence-corrected chi connectivity index (χ0v) is 15.9. The number of aliphatic hydroxyl groups is 1. The van der Waals surface area contributed by atoms with Gasteiger partial charge in [0.15, 0.2) is 5.78 Å². The molecule has 2 aromatic rings. The Morgan fingerprint density at radius 2 is 1.81 bits per heavy atom. The molecule has 1 unspecified atom stereocenters. The number of piperidine rings is 1. The maximum absolute atomic E-state index is 12.8. The molecule has 1 N–H and O–H groups in total. The molecule has 0 aromatic heterocycles. The highest BCUT2D eigenvalue weighted by atomic mass is 16.5. The van der Waals surface area contributed by atoms with E-state index in [0.717, 1.165) is 49.4 Å². The first kappa shape index (κ1) is 18.2. The van der Waals surface area contributed by atoms with Gasteiger partial charge in [0.2, 0.25) is 0 Å². The number of benzene rings is 2. The van der Waals surface area contributed by atoms with Crippen molar-refractivity contribution >= 4 is 5.78 Å². The highest BCUT2D eigenvalue weighted by Gasteiger charge is 2.36. The zero-order valence-electron chi connectivity index (χ0n) is 15.9. The van der Waals surface area contributed by atoms with Crippen LogP contribution in [0, 0.1) is 5.92 Å². The van der Waals surface area contributed by atoms with Crippen LogP contribution in [0.1, 0.15) is 40.7 Å². The van der Waals surface area contributed by atoms with Crippen molar-refractivity contribution < 1.29 is 14.6 Å². The first-order chi connectivity index (χ1) is 13.1. The van der Waals surface area contributed by atoms with Crippen LogP contribution in [0.3, 0.4) is 0 Å². The molecule has 27 heavy (non-hydrogen) atoms. The third kappa shape index (κ3) is 3.64. The van der Waals surface area contributed by atoms with Gasteiger partial charge >= 0.3 is 0 Å². The maximum atomic E-state index is 12.8. The summed E-state index contributed by atoms with van der Waals surface area (Å²) >= 11 is 0. The molecule has 4 heteroatoms. The number of ether oxygens (including phenoxy) is 1. The number of carbonyl (C=O) groups excluding carboxylic acids is 1. The lowest BCUT2D eigenvalue weighted by atomic mass is 9.81. The number of ketones is 1. The summed E-state index contributed by atoms with van der Waals surface area (Å²) in [4.78, 5) is 15.2. The van der Waals surface area contributed by atoms with Crippen LogP contribution in [-0.2, 0) is 12.0 Å². The predicted octanol–water partition coefficient (Wildman–Crippen LogP) is 3.42. The van der Waals surface area contributed by atoms with Crippen LogP contribution in [0.25, 0.3) is 0 Å². The van der Waals surface area contributed by atoms with Gasteiger partial charge in [0, 0.05) is 31.1 Å². The minimum atomic E-state index is -0.786. The molecule has 0 radical (unpaired) electrons. The lowest BCUT2D eigenvalue weighted by Gasteiger charge is -2.40. The molecule has 2 aliphatic rings. The van der Waals surface area contributed by atoms with E-state index in [9.17, 15) is 9.90 Å². The van der Waals surface area contributed by atoms with Crippen molar-refractivity contribution in [3.63, 3.8) is 0 Å². The van der Waals surface area contributed by atoms with Gasteiger partial charge in [-0.1, -0.05) is 36.4 Å². The quantitative estimate of drug-likeness (QED) is 0.902. The van der Waals surface area contributed by atoms with Gasteiger partial charge in [-0.15, -0.1) is 0 Å². The topological polar surface area (TPSA) is 49.8 Å². The van der Waals surface area contributed by atoms with Crippen molar-refractivity contribution in [2.24, 2.45) is 5.92 Å². The SMILES string of the molecule is COc1ccc(C2(O)CCN(CC3CCc4ccccc4C3=O)CC2)cc1. The minimum absolute atomic E-state index is 0.0760. The molecule has 0 spiro atoms. The number of nitrogens with zero attached hydrogens (tertiary/aromatic N) is 1. The molecule has 142 valence electrons. The van der Waals surface area contributed by atoms with Gasteiger partial charge in [0.05, 0.1) is 12.7 Å². The molecule has 1 heterocycles. The van der Waals surface area contributed by atoms with Crippen LogP contribution in [0.5, 0.6) is 5.75 Å². The molecule has 0 amide bonds. The second kappa shape index (κ2) is 7.45. The number of fused-ring (bicyclic) bond motifs is 1. The van der Waals surface area contributed by atoms with E-state index in [1.165, 1.54) is 5.56 Å². The number of carbonyl (C=O) groups is 1. The van der Waals surface area contributed by atoms with Crippen molar-refractivity contribution in [2.75, 3.05) is 26.7 Å². The largest absolute Gasteiger partial charge is 0.497 e. The molecule has 4 rings (SSSR count). The Hall–Kier alpha value is -2.17. The molecule has 0 saturated carbocycles. The fourth-order valence-electron chi connectivity index (χ4n) is 4.44. The number of hydrogen-bond donors (Lipinski definition) is 1. The number of hydrogen-bond acceptors (Lipinski definition) is 4. The Morgan fingerprint density at radius 3 is 2.52 bits per heavy atom. The first-order valence-electron chi connectivity index (χ1n) is 9.80. The second-order valence-electron chi connectivity index (χ2n) is 7.82. The van der Waals surface area contributed by atoms with Crippen molar-refractivity contribution in [2.45, 2.75) is 31.3 Å². The summed E-state index contributed by atoms with van der Waals surface area (Å²) in [6.45, 7) is 2.42. The van der Waals surface area contributed by atoms with Crippen LogP contribution >= 0.6 is 0 Å². The van der Waals surface area contributed by atoms with Gasteiger partial charge in [-0.3, -0.25) is 4.79 Å². The van der Waals surface area contributed by atoms with Gasteiger partial charge in [0.1, 0.15) is 5.75 Å². The summed E-state index contributed by atoms with van der Waals surface area (Å²) in [6.07, 6.45) is 3.29. The third-order valence-electron chi connectivity index (χ3n) is 6.20. The van der Waals surface area contributed by atoms with Crippen LogP contribution in [0.2, 0.25) is 0 Å². The Morgan fingerprint density at radius 1 is 1.11 bits per heavy atom. The number of aryl methyl sites for hydroxylation is 1. The van der Waals surface area contributed by atoms with E-state index in [1.54, 1.807) is 7.11 Å². The van der Waals surface area contributed by atoms with Crippen LogP contribution in [0.15, 0.2) is 48.5 Å². The fraction of sp³-hybridized carbons (Fsp3) is 0.435. The predicted molar refractivity (Wildman–Crippen MR) is 105 cm³/mol. The summed E-state index contributed by atoms with van der Waals surface area (Å²) in [5.41, 5.74) is 2.25. The van der Waals surface area contributed by atoms with Gasteiger partial charge < -0.3 is 14.7 Å². The Kier molecular flexibility index (Phi) is 5.02. The standard InChI is InChI=1S/C23H27NO3/c1-27-20-10-8-19(9-11-20)23(26)12-14-24(15-13-23)16-18-7-6-17-4-2-3-5-21(17)22(18)25/h2-5,8-11,18,26H,6-7,12-16H2,1H3. The van der Waals surface area contributed by atoms with Crippen LogP contribution in [-0.4, -0.2) is 42.5 Å². The molecule has 2 aromatic carbocycles. The number of Topliss-reactive ketones (excluding diaryl/α,β-unsaturated/α-hetero) is 1. The smallest absolute Gasteiger partial charge is 0.167 e. The van der Waals surface area contributed by atoms with E-state index >= 15 is 0 Å². The highest BCUT2D eigenvalue weighted by Crippen LogP contribution is 2.35. The lowest BCUT2D eigenvalue weighted by Crippen LogP contribution is -2.45. The molecular weight excluding hydrogens is 338 g/mol. The van der Waals surface area contributed by atoms with Crippen LogP contribution < -0.4 is 4.74 Å². The summed E-state index contributed by atoms with van der Waals surface area (Å²) in [6, 6.07) is 15.7. The minimum Gasteiger partial charge on any atom is -0.497 e. The van der Waals surface area contributed by atoms with E-state index in [2.05, 4.69) is 11.0 Å². The van der Waals surface area contributed by atoms with Crippen LogP contribution in [0.4, 0.5) is 0 Å². The van der Waals surface area contributed by atoms with E-state index < -0.39 is 5.60 Å². The van der Waals surface area contributed by atoms with Gasteiger partial charge in [0.25, 0.3) is 0 Å².